The number of nitrogens with zero attached hydrogens (tertiary/aromatic N) is 2. The van der Waals surface area contributed by atoms with Crippen molar-refractivity contribution >= 4 is 21.6 Å². The molecule has 0 aliphatic carbocycles. The molecule has 1 aliphatic heterocycles. The number of ether oxygens (including phenoxy) is 1. The van der Waals surface area contributed by atoms with E-state index in [0.29, 0.717) is 23.9 Å². The van der Waals surface area contributed by atoms with Crippen LogP contribution < -0.4 is 10.1 Å². The van der Waals surface area contributed by atoms with Crippen molar-refractivity contribution in [1.82, 2.24) is 9.21 Å². The molecule has 0 atom stereocenters. The van der Waals surface area contributed by atoms with Gasteiger partial charge in [0.05, 0.1) is 24.2 Å². The third kappa shape index (κ3) is 4.93. The van der Waals surface area contributed by atoms with E-state index in [1.807, 2.05) is 0 Å². The molecule has 1 aliphatic rings. The Hall–Kier alpha value is -1.64. The van der Waals surface area contributed by atoms with E-state index in [2.05, 4.69) is 17.1 Å². The summed E-state index contributed by atoms with van der Waals surface area (Å²) in [7, 11) is 0.841. The largest absolute Gasteiger partial charge is 0.495 e. The molecule has 25 heavy (non-hydrogen) atoms. The smallest absolute Gasteiger partial charge is 0.242 e. The molecule has 8 heteroatoms. The molecular weight excluding hydrogens is 342 g/mol. The number of carbonyl (C=O) groups is 1. The van der Waals surface area contributed by atoms with Crippen LogP contribution in [0, 0.1) is 5.92 Å². The maximum absolute atomic E-state index is 12.4. The Labute approximate surface area is 150 Å². The Bertz CT molecular complexity index is 711. The fourth-order valence-electron chi connectivity index (χ4n) is 2.77. The normalized spacial score (nSPS) is 16.8. The molecule has 0 bridgehead atoms. The molecule has 1 heterocycles. The van der Waals surface area contributed by atoms with E-state index in [1.165, 1.54) is 33.3 Å². The molecule has 1 N–H and O–H groups in total. The van der Waals surface area contributed by atoms with Gasteiger partial charge in [0.2, 0.25) is 15.9 Å². The molecule has 1 aromatic carbocycles. The Kier molecular flexibility index (Phi) is 6.42. The average molecular weight is 369 g/mol. The number of methoxy groups -OCH3 is 1. The molecule has 7 nitrogen and oxygen atoms in total. The number of rotatable bonds is 6. The minimum absolute atomic E-state index is 0.111. The highest BCUT2D eigenvalue weighted by Gasteiger charge is 2.21. The summed E-state index contributed by atoms with van der Waals surface area (Å²) in [5.41, 5.74) is 0.362. The van der Waals surface area contributed by atoms with Crippen molar-refractivity contribution in [3.63, 3.8) is 0 Å². The SMILES string of the molecule is COc1ccc(S(=O)(=O)N(C)C)cc1NC(=O)CN1CCC(C)CC1. The van der Waals surface area contributed by atoms with Gasteiger partial charge in [-0.05, 0) is 50.0 Å². The van der Waals surface area contributed by atoms with Crippen LogP contribution in [0.4, 0.5) is 5.69 Å². The second kappa shape index (κ2) is 8.16. The molecule has 0 radical (unpaired) electrons. The molecule has 0 unspecified atom stereocenters. The third-order valence-electron chi connectivity index (χ3n) is 4.47. The number of nitrogens with one attached hydrogen (secondary N) is 1. The number of hydrogen-bond acceptors (Lipinski definition) is 5. The summed E-state index contributed by atoms with van der Waals surface area (Å²) in [6.07, 6.45) is 2.18. The van der Waals surface area contributed by atoms with Gasteiger partial charge in [-0.1, -0.05) is 6.92 Å². The standard InChI is InChI=1S/C17H27N3O4S/c1-13-7-9-20(10-8-13)12-17(21)18-15-11-14(5-6-16(15)24-4)25(22,23)19(2)3/h5-6,11,13H,7-10,12H2,1-4H3,(H,18,21). The van der Waals surface area contributed by atoms with Crippen LogP contribution in [0.25, 0.3) is 0 Å². The highest BCUT2D eigenvalue weighted by atomic mass is 32.2. The van der Waals surface area contributed by atoms with Crippen LogP contribution in [0.1, 0.15) is 19.8 Å². The van der Waals surface area contributed by atoms with Crippen molar-refractivity contribution in [2.75, 3.05) is 46.2 Å². The van der Waals surface area contributed by atoms with Crippen molar-refractivity contribution in [1.29, 1.82) is 0 Å². The highest BCUT2D eigenvalue weighted by Crippen LogP contribution is 2.28. The van der Waals surface area contributed by atoms with Gasteiger partial charge >= 0.3 is 0 Å². The first-order chi connectivity index (χ1) is 11.7. The Morgan fingerprint density at radius 3 is 2.52 bits per heavy atom. The number of benzene rings is 1. The Morgan fingerprint density at radius 2 is 1.96 bits per heavy atom. The molecular formula is C17H27N3O4S. The molecule has 1 amide bonds. The van der Waals surface area contributed by atoms with Crippen molar-refractivity contribution in [3.8, 4) is 5.75 Å². The summed E-state index contributed by atoms with van der Waals surface area (Å²) in [6, 6.07) is 4.45. The summed E-state index contributed by atoms with van der Waals surface area (Å²) in [6.45, 7) is 4.32. The first kappa shape index (κ1) is 19.7. The lowest BCUT2D eigenvalue weighted by atomic mass is 9.99. The van der Waals surface area contributed by atoms with Gasteiger partial charge in [-0.15, -0.1) is 0 Å². The maximum atomic E-state index is 12.4. The van der Waals surface area contributed by atoms with Crippen LogP contribution in [-0.2, 0) is 14.8 Å². The number of piperidine rings is 1. The second-order valence-corrected chi connectivity index (χ2v) is 8.81. The topological polar surface area (TPSA) is 79.0 Å². The lowest BCUT2D eigenvalue weighted by molar-refractivity contribution is -0.117. The van der Waals surface area contributed by atoms with Gasteiger partial charge in [-0.25, -0.2) is 12.7 Å². The van der Waals surface area contributed by atoms with E-state index in [-0.39, 0.29) is 10.8 Å². The molecule has 0 spiro atoms. The summed E-state index contributed by atoms with van der Waals surface area (Å²) in [5.74, 6) is 0.956. The molecule has 0 aromatic heterocycles. The first-order valence-corrected chi connectivity index (χ1v) is 9.81. The summed E-state index contributed by atoms with van der Waals surface area (Å²) in [5, 5.41) is 2.78. The number of anilines is 1. The zero-order chi connectivity index (χ0) is 18.6. The number of hydrogen-bond donors (Lipinski definition) is 1. The Morgan fingerprint density at radius 1 is 1.32 bits per heavy atom. The lowest BCUT2D eigenvalue weighted by Gasteiger charge is -2.29. The highest BCUT2D eigenvalue weighted by molar-refractivity contribution is 7.89. The molecule has 1 saturated heterocycles. The molecule has 2 rings (SSSR count). The van der Waals surface area contributed by atoms with Gasteiger partial charge in [-0.2, -0.15) is 0 Å². The Balaban J connectivity index is 2.13. The summed E-state index contributed by atoms with van der Waals surface area (Å²) >= 11 is 0. The van der Waals surface area contributed by atoms with Gasteiger partial charge < -0.3 is 10.1 Å². The number of likely N-dealkylation sites (tertiary alicyclic amines) is 1. The minimum Gasteiger partial charge on any atom is -0.495 e. The fourth-order valence-corrected chi connectivity index (χ4v) is 3.70. The van der Waals surface area contributed by atoms with Crippen LogP contribution in [0.15, 0.2) is 23.1 Å². The van der Waals surface area contributed by atoms with Gasteiger partial charge in [0.15, 0.2) is 0 Å². The minimum atomic E-state index is -3.58. The van der Waals surface area contributed by atoms with Gasteiger partial charge in [0.25, 0.3) is 0 Å². The number of carbonyl (C=O) groups excluding carboxylic acids is 1. The fraction of sp³-hybridized carbons (Fsp3) is 0.588. The molecule has 140 valence electrons. The van der Waals surface area contributed by atoms with Crippen molar-refractivity contribution in [3.05, 3.63) is 18.2 Å². The van der Waals surface area contributed by atoms with Gasteiger partial charge in [0.1, 0.15) is 5.75 Å². The van der Waals surface area contributed by atoms with Crippen LogP contribution in [0.3, 0.4) is 0 Å². The van der Waals surface area contributed by atoms with Crippen LogP contribution in [-0.4, -0.2) is 64.4 Å². The van der Waals surface area contributed by atoms with Crippen LogP contribution in [0.2, 0.25) is 0 Å². The van der Waals surface area contributed by atoms with E-state index >= 15 is 0 Å². The molecule has 1 fully saturated rings. The van der Waals surface area contributed by atoms with E-state index in [4.69, 9.17) is 4.74 Å². The maximum Gasteiger partial charge on any atom is 0.242 e. The quantitative estimate of drug-likeness (QED) is 0.824. The number of amides is 1. The van der Waals surface area contributed by atoms with Crippen molar-refractivity contribution in [2.45, 2.75) is 24.7 Å². The van der Waals surface area contributed by atoms with Crippen LogP contribution >= 0.6 is 0 Å². The summed E-state index contributed by atoms with van der Waals surface area (Å²) in [4.78, 5) is 14.6. The predicted octanol–water partition coefficient (Wildman–Crippen LogP) is 1.62. The third-order valence-corrected chi connectivity index (χ3v) is 6.28. The number of sulfonamides is 1. The van der Waals surface area contributed by atoms with E-state index in [0.717, 1.165) is 30.2 Å². The lowest BCUT2D eigenvalue weighted by Crippen LogP contribution is -2.38. The van der Waals surface area contributed by atoms with Crippen molar-refractivity contribution < 1.29 is 17.9 Å². The summed E-state index contributed by atoms with van der Waals surface area (Å²) < 4.78 is 30.9. The zero-order valence-corrected chi connectivity index (χ0v) is 16.1. The van der Waals surface area contributed by atoms with E-state index in [9.17, 15) is 13.2 Å². The zero-order valence-electron chi connectivity index (χ0n) is 15.3. The monoisotopic (exact) mass is 369 g/mol. The molecule has 1 aromatic rings. The van der Waals surface area contributed by atoms with Gasteiger partial charge in [0, 0.05) is 14.1 Å². The predicted molar refractivity (Wildman–Crippen MR) is 97.3 cm³/mol. The first-order valence-electron chi connectivity index (χ1n) is 8.37. The van der Waals surface area contributed by atoms with E-state index < -0.39 is 10.0 Å². The molecule has 0 saturated carbocycles. The van der Waals surface area contributed by atoms with Gasteiger partial charge in [-0.3, -0.25) is 9.69 Å². The van der Waals surface area contributed by atoms with E-state index in [1.54, 1.807) is 6.07 Å². The van der Waals surface area contributed by atoms with Crippen LogP contribution in [0.5, 0.6) is 5.75 Å². The van der Waals surface area contributed by atoms with Crippen molar-refractivity contribution in [2.24, 2.45) is 5.92 Å². The second-order valence-electron chi connectivity index (χ2n) is 6.66. The average Bonchev–Trinajstić information content (AvgIpc) is 2.56.